The number of benzene rings is 3. The summed E-state index contributed by atoms with van der Waals surface area (Å²) in [5.41, 5.74) is 1.31. The van der Waals surface area contributed by atoms with Gasteiger partial charge in [0.05, 0.1) is 5.33 Å². The van der Waals surface area contributed by atoms with Crippen LogP contribution in [0.15, 0.2) is 102 Å². The van der Waals surface area contributed by atoms with E-state index >= 15 is 0 Å². The van der Waals surface area contributed by atoms with Crippen LogP contribution in [0, 0.1) is 0 Å². The Morgan fingerprint density at radius 3 is 1.86 bits per heavy atom. The van der Waals surface area contributed by atoms with Crippen LogP contribution < -0.4 is 5.32 Å². The van der Waals surface area contributed by atoms with Crippen molar-refractivity contribution >= 4 is 57.1 Å². The van der Waals surface area contributed by atoms with E-state index < -0.39 is 58.6 Å². The number of carbonyl (C=O) groups is 5. The highest BCUT2D eigenvalue weighted by Gasteiger charge is 2.53. The number of halogens is 1. The van der Waals surface area contributed by atoms with Crippen molar-refractivity contribution in [3.8, 4) is 0 Å². The number of alkyl halides is 1. The van der Waals surface area contributed by atoms with Crippen LogP contribution in [0.2, 0.25) is 0 Å². The molecule has 1 saturated heterocycles. The van der Waals surface area contributed by atoms with Gasteiger partial charge in [-0.3, -0.25) is 24.1 Å². The van der Waals surface area contributed by atoms with Crippen LogP contribution in [-0.4, -0.2) is 61.2 Å². The molecule has 10 nitrogen and oxygen atoms in total. The van der Waals surface area contributed by atoms with Gasteiger partial charge in [0.2, 0.25) is 5.91 Å². The topological polar surface area (TPSA) is 150 Å². The molecule has 4 rings (SSSR count). The molecule has 12 heteroatoms. The maximum atomic E-state index is 13.7. The zero-order valence-electron chi connectivity index (χ0n) is 21.8. The van der Waals surface area contributed by atoms with Gasteiger partial charge in [-0.1, -0.05) is 119 Å². The van der Waals surface area contributed by atoms with Gasteiger partial charge in [-0.05, 0) is 16.7 Å². The molecule has 0 saturated carbocycles. The van der Waals surface area contributed by atoms with Crippen molar-refractivity contribution < 1.29 is 38.9 Å². The number of thioether (sulfide) groups is 1. The summed E-state index contributed by atoms with van der Waals surface area (Å²) in [6.45, 7) is 0. The Kier molecular flexibility index (Phi) is 10.2. The number of aliphatic hydroxyl groups excluding tert-OH is 1. The number of esters is 1. The predicted octanol–water partition coefficient (Wildman–Crippen LogP) is 3.93. The Bertz CT molecular complexity index is 1450. The first-order valence-electron chi connectivity index (χ1n) is 12.6. The van der Waals surface area contributed by atoms with Crippen LogP contribution in [0.4, 0.5) is 0 Å². The van der Waals surface area contributed by atoms with Crippen LogP contribution >= 0.6 is 27.7 Å². The van der Waals surface area contributed by atoms with Gasteiger partial charge in [-0.25, -0.2) is 4.79 Å². The molecule has 0 bridgehead atoms. The van der Waals surface area contributed by atoms with Crippen molar-refractivity contribution in [2.75, 3.05) is 5.33 Å². The van der Waals surface area contributed by atoms with Crippen LogP contribution in [0.1, 0.15) is 28.7 Å². The fourth-order valence-corrected chi connectivity index (χ4v) is 5.56. The summed E-state index contributed by atoms with van der Waals surface area (Å²) in [5, 5.41) is 20.7. The quantitative estimate of drug-likeness (QED) is 0.0503. The van der Waals surface area contributed by atoms with E-state index in [1.165, 1.54) is 0 Å². The number of amides is 2. The summed E-state index contributed by atoms with van der Waals surface area (Å²) in [6, 6.07) is 24.8. The van der Waals surface area contributed by atoms with Crippen LogP contribution in [0.25, 0.3) is 0 Å². The van der Waals surface area contributed by atoms with Gasteiger partial charge in [-0.2, -0.15) is 0 Å². The van der Waals surface area contributed by atoms with Crippen molar-refractivity contribution in [1.82, 2.24) is 10.2 Å². The second-order valence-electron chi connectivity index (χ2n) is 9.03. The lowest BCUT2D eigenvalue weighted by Gasteiger charge is -2.45. The lowest BCUT2D eigenvalue weighted by atomic mass is 9.96. The molecule has 0 radical (unpaired) electrons. The number of carboxylic acid groups (broad SMARTS) is 1. The fraction of sp³-hybridized carbons (Fsp3) is 0.167. The van der Waals surface area contributed by atoms with E-state index in [1.54, 1.807) is 78.9 Å². The van der Waals surface area contributed by atoms with Crippen molar-refractivity contribution in [2.45, 2.75) is 23.4 Å². The number of aliphatic carboxylic acids is 1. The van der Waals surface area contributed by atoms with Crippen LogP contribution in [-0.2, 0) is 28.7 Å². The van der Waals surface area contributed by atoms with Crippen molar-refractivity contribution in [3.63, 3.8) is 0 Å². The molecule has 1 fully saturated rings. The smallest absolute Gasteiger partial charge is 0.356 e. The molecule has 3 atom stereocenters. The molecule has 1 aliphatic rings. The Morgan fingerprint density at radius 1 is 0.905 bits per heavy atom. The SMILES string of the molecule is O=CSC1C(NC(=O)C(C(=O)OC(c2ccccc2)c2ccccc2)c2ccccc2)C(=O)N1C(C(=O)O)=C(O)CBr. The molecule has 3 aromatic carbocycles. The third kappa shape index (κ3) is 6.55. The van der Waals surface area contributed by atoms with Gasteiger partial charge in [0, 0.05) is 0 Å². The number of hydrogen-bond acceptors (Lipinski definition) is 8. The molecule has 3 aromatic rings. The number of carboxylic acids is 1. The molecule has 1 heterocycles. The number of rotatable bonds is 12. The van der Waals surface area contributed by atoms with Crippen molar-refractivity contribution in [2.24, 2.45) is 0 Å². The van der Waals surface area contributed by atoms with Crippen molar-refractivity contribution in [1.29, 1.82) is 0 Å². The zero-order chi connectivity index (χ0) is 30.2. The standard InChI is InChI=1S/C30H25BrN2O8S/c31-16-21(35)24(29(38)39)33-27(37)23(28(33)42-17-34)32-26(36)22(18-10-4-1-5-11-18)30(40)41-25(19-12-6-2-7-13-19)20-14-8-3-9-15-20/h1-15,17,22-23,25,28,35H,16H2,(H,32,36)(H,38,39). The number of carbonyl (C=O) groups excluding carboxylic acids is 4. The summed E-state index contributed by atoms with van der Waals surface area (Å²) < 4.78 is 5.95. The molecule has 216 valence electrons. The number of nitrogens with one attached hydrogen (secondary N) is 1. The van der Waals surface area contributed by atoms with Gasteiger partial charge in [0.1, 0.15) is 17.2 Å². The zero-order valence-corrected chi connectivity index (χ0v) is 24.2. The Morgan fingerprint density at radius 2 is 1.40 bits per heavy atom. The van der Waals surface area contributed by atoms with E-state index in [-0.39, 0.29) is 5.33 Å². The van der Waals surface area contributed by atoms with Gasteiger partial charge < -0.3 is 20.3 Å². The molecule has 0 spiro atoms. The van der Waals surface area contributed by atoms with Gasteiger partial charge in [0.15, 0.2) is 23.3 Å². The van der Waals surface area contributed by atoms with Crippen LogP contribution in [0.5, 0.6) is 0 Å². The molecule has 42 heavy (non-hydrogen) atoms. The summed E-state index contributed by atoms with van der Waals surface area (Å²) in [5.74, 6) is -6.39. The first-order chi connectivity index (χ1) is 20.3. The monoisotopic (exact) mass is 652 g/mol. The number of allylic oxidation sites excluding steroid dienone is 1. The number of aliphatic hydroxyl groups is 1. The van der Waals surface area contributed by atoms with Crippen molar-refractivity contribution in [3.05, 3.63) is 119 Å². The third-order valence-corrected chi connectivity index (χ3v) is 7.85. The van der Waals surface area contributed by atoms with E-state index in [2.05, 4.69) is 21.2 Å². The first kappa shape index (κ1) is 30.5. The van der Waals surface area contributed by atoms with E-state index in [9.17, 15) is 34.2 Å². The summed E-state index contributed by atoms with van der Waals surface area (Å²) in [6.07, 6.45) is -0.839. The summed E-state index contributed by atoms with van der Waals surface area (Å²) >= 11 is 3.49. The maximum Gasteiger partial charge on any atom is 0.356 e. The summed E-state index contributed by atoms with van der Waals surface area (Å²) in [7, 11) is 0. The Hall–Kier alpha value is -4.42. The molecule has 2 amide bonds. The van der Waals surface area contributed by atoms with E-state index in [4.69, 9.17) is 4.74 Å². The van der Waals surface area contributed by atoms with E-state index in [0.29, 0.717) is 34.1 Å². The highest BCUT2D eigenvalue weighted by Crippen LogP contribution is 2.35. The minimum atomic E-state index is -1.60. The molecule has 0 aliphatic carbocycles. The molecule has 3 N–H and O–H groups in total. The molecule has 3 unspecified atom stereocenters. The summed E-state index contributed by atoms with van der Waals surface area (Å²) in [4.78, 5) is 64.4. The lowest BCUT2D eigenvalue weighted by molar-refractivity contribution is -0.155. The lowest BCUT2D eigenvalue weighted by Crippen LogP contribution is -2.70. The number of likely N-dealkylation sites (tertiary alicyclic amines) is 1. The highest BCUT2D eigenvalue weighted by molar-refractivity contribution is 9.09. The largest absolute Gasteiger partial charge is 0.509 e. The van der Waals surface area contributed by atoms with E-state index in [0.717, 1.165) is 4.90 Å². The average Bonchev–Trinajstić information content (AvgIpc) is 3.01. The number of hydrogen-bond donors (Lipinski definition) is 3. The number of nitrogens with zero attached hydrogens (tertiary/aromatic N) is 1. The second-order valence-corrected chi connectivity index (χ2v) is 10.5. The van der Waals surface area contributed by atoms with Gasteiger partial charge in [0.25, 0.3) is 5.91 Å². The Labute approximate surface area is 253 Å². The minimum Gasteiger partial charge on any atom is -0.509 e. The predicted molar refractivity (Wildman–Crippen MR) is 158 cm³/mol. The second kappa shape index (κ2) is 14.0. The van der Waals surface area contributed by atoms with Crippen LogP contribution in [0.3, 0.4) is 0 Å². The fourth-order valence-electron chi connectivity index (χ4n) is 4.50. The number of β-lactam (4-membered cyclic amide) rings is 1. The minimum absolute atomic E-state index is 0.264. The maximum absolute atomic E-state index is 13.7. The third-order valence-electron chi connectivity index (χ3n) is 6.45. The van der Waals surface area contributed by atoms with E-state index in [1.807, 2.05) is 12.1 Å². The highest BCUT2D eigenvalue weighted by atomic mass is 79.9. The first-order valence-corrected chi connectivity index (χ1v) is 14.6. The van der Waals surface area contributed by atoms with Gasteiger partial charge >= 0.3 is 11.9 Å². The Balaban J connectivity index is 1.64. The molecule has 0 aromatic heterocycles. The number of ether oxygens (including phenoxy) is 1. The van der Waals surface area contributed by atoms with Gasteiger partial charge in [-0.15, -0.1) is 0 Å². The molecular weight excluding hydrogens is 628 g/mol. The average molecular weight is 654 g/mol. The normalized spacial score (nSPS) is 17.5. The molecule has 1 aliphatic heterocycles. The molecular formula is C30H25BrN2O8S.